The third-order valence-electron chi connectivity index (χ3n) is 3.13. The Hall–Kier alpha value is -2.71. The molecule has 0 saturated carbocycles. The van der Waals surface area contributed by atoms with Crippen molar-refractivity contribution in [1.82, 2.24) is 0 Å². The fourth-order valence-electron chi connectivity index (χ4n) is 2.12. The molecule has 22 heavy (non-hydrogen) atoms. The molecule has 0 amide bonds. The normalized spacial score (nSPS) is 10.4. The predicted molar refractivity (Wildman–Crippen MR) is 82.2 cm³/mol. The minimum atomic E-state index is -0.320. The van der Waals surface area contributed by atoms with Crippen LogP contribution >= 0.6 is 11.3 Å². The Balaban J connectivity index is 2.04. The first-order chi connectivity index (χ1) is 10.7. The summed E-state index contributed by atoms with van der Waals surface area (Å²) in [4.78, 5) is 17.1. The number of benzene rings is 1. The number of carbonyl (C=O) groups excluding carboxylic acids is 1. The molecule has 0 aliphatic carbocycles. The van der Waals surface area contributed by atoms with Crippen LogP contribution in [-0.4, -0.2) is 5.78 Å². The summed E-state index contributed by atoms with van der Waals surface area (Å²) in [5.74, 6) is -0.269. The van der Waals surface area contributed by atoms with Gasteiger partial charge in [0.05, 0.1) is 11.1 Å². The summed E-state index contributed by atoms with van der Waals surface area (Å²) < 4.78 is 18.2. The Bertz CT molecular complexity index is 842. The van der Waals surface area contributed by atoms with Gasteiger partial charge in [-0.05, 0) is 35.9 Å². The number of halogens is 1. The number of ketones is 1. The molecule has 3 nitrogen and oxygen atoms in total. The molecule has 0 N–H and O–H groups in total. The van der Waals surface area contributed by atoms with E-state index in [1.807, 2.05) is 0 Å². The lowest BCUT2D eigenvalue weighted by Crippen LogP contribution is -1.95. The van der Waals surface area contributed by atoms with E-state index in [0.29, 0.717) is 4.88 Å². The van der Waals surface area contributed by atoms with Crippen molar-refractivity contribution in [1.29, 1.82) is 0 Å². The van der Waals surface area contributed by atoms with Gasteiger partial charge in [-0.1, -0.05) is 12.1 Å². The predicted octanol–water partition coefficient (Wildman–Crippen LogP) is 4.80. The van der Waals surface area contributed by atoms with E-state index in [-0.39, 0.29) is 23.9 Å². The molecule has 3 rings (SSSR count). The lowest BCUT2D eigenvalue weighted by Gasteiger charge is -1.99. The Kier molecular flexibility index (Phi) is 3.86. The molecule has 108 valence electrons. The van der Waals surface area contributed by atoms with E-state index < -0.39 is 0 Å². The Morgan fingerprint density at radius 2 is 2.05 bits per heavy atom. The molecule has 0 unspecified atom stereocenters. The first-order valence-electron chi connectivity index (χ1n) is 6.49. The van der Waals surface area contributed by atoms with Crippen molar-refractivity contribution in [2.24, 2.45) is 0 Å². The highest BCUT2D eigenvalue weighted by molar-refractivity contribution is 7.17. The van der Waals surface area contributed by atoms with Crippen molar-refractivity contribution in [3.63, 3.8) is 0 Å². The second-order valence-electron chi connectivity index (χ2n) is 4.59. The molecule has 0 aliphatic rings. The number of furan rings is 1. The maximum absolute atomic E-state index is 13.1. The maximum Gasteiger partial charge on any atom is 0.241 e. The highest BCUT2D eigenvalue weighted by Gasteiger charge is 2.20. The third-order valence-corrected chi connectivity index (χ3v) is 4.36. The molecule has 0 fully saturated rings. The van der Waals surface area contributed by atoms with Crippen LogP contribution < -0.4 is 0 Å². The smallest absolute Gasteiger partial charge is 0.241 e. The van der Waals surface area contributed by atoms with Gasteiger partial charge in [-0.15, -0.1) is 11.3 Å². The molecule has 0 spiro atoms. The average molecular weight is 311 g/mol. The van der Waals surface area contributed by atoms with E-state index in [1.54, 1.807) is 30.3 Å². The van der Waals surface area contributed by atoms with Gasteiger partial charge in [-0.2, -0.15) is 0 Å². The van der Waals surface area contributed by atoms with Gasteiger partial charge >= 0.3 is 0 Å². The molecule has 2 aromatic heterocycles. The van der Waals surface area contributed by atoms with E-state index in [2.05, 4.69) is 4.85 Å². The van der Waals surface area contributed by atoms with Crippen molar-refractivity contribution >= 4 is 17.1 Å². The van der Waals surface area contributed by atoms with Gasteiger partial charge in [-0.3, -0.25) is 4.79 Å². The van der Waals surface area contributed by atoms with Crippen molar-refractivity contribution in [3.05, 3.63) is 82.2 Å². The highest BCUT2D eigenvalue weighted by atomic mass is 32.1. The van der Waals surface area contributed by atoms with Gasteiger partial charge in [0.1, 0.15) is 5.82 Å². The van der Waals surface area contributed by atoms with Crippen LogP contribution in [0, 0.1) is 12.4 Å². The SMILES string of the molecule is [C-]#[N+]Cc1cc(C(=O)c2ccco2)sc1-c1ccc(F)cc1. The topological polar surface area (TPSA) is 34.6 Å². The van der Waals surface area contributed by atoms with E-state index >= 15 is 0 Å². The van der Waals surface area contributed by atoms with Gasteiger partial charge in [0.15, 0.2) is 5.76 Å². The highest BCUT2D eigenvalue weighted by Crippen LogP contribution is 2.34. The zero-order valence-electron chi connectivity index (χ0n) is 11.4. The minimum Gasteiger partial charge on any atom is -0.461 e. The van der Waals surface area contributed by atoms with Crippen LogP contribution in [0.3, 0.4) is 0 Å². The van der Waals surface area contributed by atoms with Gasteiger partial charge in [0, 0.05) is 10.4 Å². The fraction of sp³-hybridized carbons (Fsp3) is 0.0588. The zero-order chi connectivity index (χ0) is 15.5. The second-order valence-corrected chi connectivity index (χ2v) is 5.65. The number of thiophene rings is 1. The Labute approximate surface area is 130 Å². The van der Waals surface area contributed by atoms with Crippen LogP contribution in [0.2, 0.25) is 0 Å². The van der Waals surface area contributed by atoms with Crippen LogP contribution in [-0.2, 0) is 6.54 Å². The van der Waals surface area contributed by atoms with Gasteiger partial charge in [0.25, 0.3) is 0 Å². The molecule has 2 heterocycles. The Morgan fingerprint density at radius 1 is 1.27 bits per heavy atom. The molecule has 0 aliphatic heterocycles. The average Bonchev–Trinajstić information content (AvgIpc) is 3.17. The lowest BCUT2D eigenvalue weighted by molar-refractivity contribution is 0.101. The lowest BCUT2D eigenvalue weighted by atomic mass is 10.1. The molecule has 0 bridgehead atoms. The van der Waals surface area contributed by atoms with Crippen molar-refractivity contribution < 1.29 is 13.6 Å². The van der Waals surface area contributed by atoms with E-state index in [1.165, 1.54) is 29.7 Å². The van der Waals surface area contributed by atoms with Crippen LogP contribution in [0.25, 0.3) is 15.3 Å². The summed E-state index contributed by atoms with van der Waals surface area (Å²) >= 11 is 1.29. The maximum atomic E-state index is 13.1. The summed E-state index contributed by atoms with van der Waals surface area (Å²) in [5, 5.41) is 0. The molecule has 1 aromatic carbocycles. The van der Waals surface area contributed by atoms with Gasteiger partial charge in [-0.25, -0.2) is 11.0 Å². The zero-order valence-corrected chi connectivity index (χ0v) is 12.2. The standard InChI is InChI=1S/C17H10FNO2S/c1-19-10-12-9-15(16(20)14-3-2-8-21-14)22-17(12)11-4-6-13(18)7-5-11/h2-9H,10H2. The molecular formula is C17H10FNO2S. The van der Waals surface area contributed by atoms with Crippen LogP contribution in [0.4, 0.5) is 4.39 Å². The van der Waals surface area contributed by atoms with Crippen LogP contribution in [0.5, 0.6) is 0 Å². The first kappa shape index (κ1) is 14.2. The Morgan fingerprint density at radius 3 is 2.68 bits per heavy atom. The van der Waals surface area contributed by atoms with E-state index in [0.717, 1.165) is 16.0 Å². The molecule has 5 heteroatoms. The van der Waals surface area contributed by atoms with Crippen LogP contribution in [0.1, 0.15) is 21.0 Å². The fourth-order valence-corrected chi connectivity index (χ4v) is 3.24. The number of nitrogens with zero attached hydrogens (tertiary/aromatic N) is 1. The van der Waals surface area contributed by atoms with Gasteiger partial charge in [0.2, 0.25) is 12.3 Å². The van der Waals surface area contributed by atoms with Crippen molar-refractivity contribution in [3.8, 4) is 10.4 Å². The first-order valence-corrected chi connectivity index (χ1v) is 7.31. The monoisotopic (exact) mass is 311 g/mol. The molecule has 0 saturated heterocycles. The van der Waals surface area contributed by atoms with Gasteiger partial charge < -0.3 is 9.26 Å². The number of rotatable bonds is 4. The van der Waals surface area contributed by atoms with E-state index in [9.17, 15) is 9.18 Å². The van der Waals surface area contributed by atoms with Crippen molar-refractivity contribution in [2.75, 3.05) is 0 Å². The summed E-state index contributed by atoms with van der Waals surface area (Å²) in [6.07, 6.45) is 1.45. The van der Waals surface area contributed by atoms with E-state index in [4.69, 9.17) is 11.0 Å². The third kappa shape index (κ3) is 2.69. The number of hydrogen-bond donors (Lipinski definition) is 0. The summed E-state index contributed by atoms with van der Waals surface area (Å²) in [7, 11) is 0. The van der Waals surface area contributed by atoms with Crippen LogP contribution in [0.15, 0.2) is 53.1 Å². The molecule has 0 atom stereocenters. The summed E-state index contributed by atoms with van der Waals surface area (Å²) in [5.41, 5.74) is 1.56. The van der Waals surface area contributed by atoms with Crippen molar-refractivity contribution in [2.45, 2.75) is 6.54 Å². The molecule has 0 radical (unpaired) electrons. The number of carbonyl (C=O) groups is 1. The summed E-state index contributed by atoms with van der Waals surface area (Å²) in [6, 6.07) is 11.0. The molecule has 3 aromatic rings. The molecular weight excluding hydrogens is 301 g/mol. The minimum absolute atomic E-state index is 0.175. The second kappa shape index (κ2) is 5.96. The quantitative estimate of drug-likeness (QED) is 0.512. The number of hydrogen-bond acceptors (Lipinski definition) is 3. The summed E-state index contributed by atoms with van der Waals surface area (Å²) in [6.45, 7) is 7.23. The largest absolute Gasteiger partial charge is 0.461 e.